The van der Waals surface area contributed by atoms with Gasteiger partial charge in [-0.15, -0.1) is 0 Å². The Morgan fingerprint density at radius 1 is 0.975 bits per heavy atom. The van der Waals surface area contributed by atoms with Gasteiger partial charge in [-0.05, 0) is 36.0 Å². The molecule has 4 rings (SSSR count). The number of benzene rings is 2. The Labute approximate surface area is 230 Å². The molecule has 0 saturated heterocycles. The molecule has 1 atom stereocenters. The van der Waals surface area contributed by atoms with Crippen molar-refractivity contribution < 1.29 is 41.8 Å². The summed E-state index contributed by atoms with van der Waals surface area (Å²) in [5.41, 5.74) is -4.43. The first-order valence-electron chi connectivity index (χ1n) is 12.6. The molecule has 2 aliphatic rings. The number of ketones is 1. The second-order valence-electron chi connectivity index (χ2n) is 10.6. The van der Waals surface area contributed by atoms with E-state index in [0.717, 1.165) is 10.5 Å². The highest BCUT2D eigenvalue weighted by Gasteiger charge is 2.71. The SMILES string of the molecule is COc1cc(C(=O)N[C@]2(C(F)(F)F)C(=O)N(CCc3ccccc3)C3=C2C(=O)CC(C)(C)C3)cc(OC)c1OC. The molecule has 8 nitrogen and oxygen atoms in total. The average molecular weight is 561 g/mol. The summed E-state index contributed by atoms with van der Waals surface area (Å²) in [6.45, 7) is 3.43. The highest BCUT2D eigenvalue weighted by molar-refractivity contribution is 6.14. The summed E-state index contributed by atoms with van der Waals surface area (Å²) in [6, 6.07) is 11.3. The maximum Gasteiger partial charge on any atom is 0.425 e. The second-order valence-corrected chi connectivity index (χ2v) is 10.6. The molecule has 2 aromatic carbocycles. The number of hydrogen-bond donors (Lipinski definition) is 1. The summed E-state index contributed by atoms with van der Waals surface area (Å²) >= 11 is 0. The second kappa shape index (κ2) is 10.5. The summed E-state index contributed by atoms with van der Waals surface area (Å²) in [7, 11) is 3.92. The van der Waals surface area contributed by atoms with E-state index in [-0.39, 0.29) is 54.3 Å². The van der Waals surface area contributed by atoms with Crippen molar-refractivity contribution in [2.75, 3.05) is 27.9 Å². The van der Waals surface area contributed by atoms with E-state index in [0.29, 0.717) is 0 Å². The third-order valence-electron chi connectivity index (χ3n) is 7.24. The molecule has 0 aromatic heterocycles. The maximum absolute atomic E-state index is 15.1. The zero-order valence-electron chi connectivity index (χ0n) is 22.9. The predicted molar refractivity (Wildman–Crippen MR) is 139 cm³/mol. The van der Waals surface area contributed by atoms with E-state index >= 15 is 13.2 Å². The molecule has 0 radical (unpaired) electrons. The fourth-order valence-corrected chi connectivity index (χ4v) is 5.40. The standard InChI is InChI=1S/C29H31F3N2O6/c1-27(2)15-19-23(20(35)16-27)28(29(30,31)32,26(37)34(19)12-11-17-9-7-6-8-10-17)33-25(36)18-13-21(38-3)24(40-5)22(14-18)39-4/h6-10,13-14H,11-12,15-16H2,1-5H3,(H,33,36)/t28-/m0/s1. The summed E-state index contributed by atoms with van der Waals surface area (Å²) in [4.78, 5) is 41.7. The van der Waals surface area contributed by atoms with Crippen molar-refractivity contribution >= 4 is 17.6 Å². The lowest BCUT2D eigenvalue weighted by Gasteiger charge is -2.35. The molecule has 40 heavy (non-hydrogen) atoms. The van der Waals surface area contributed by atoms with E-state index in [9.17, 15) is 14.4 Å². The summed E-state index contributed by atoms with van der Waals surface area (Å²) < 4.78 is 61.0. The van der Waals surface area contributed by atoms with Crippen molar-refractivity contribution in [1.82, 2.24) is 10.2 Å². The Kier molecular flexibility index (Phi) is 7.62. The topological polar surface area (TPSA) is 94.2 Å². The van der Waals surface area contributed by atoms with Crippen LogP contribution < -0.4 is 19.5 Å². The predicted octanol–water partition coefficient (Wildman–Crippen LogP) is 4.47. The van der Waals surface area contributed by atoms with Crippen LogP contribution in [-0.2, 0) is 16.0 Å². The number of Topliss-reactive ketones (excluding diaryl/α,β-unsaturated/α-hetero) is 1. The van der Waals surface area contributed by atoms with Crippen molar-refractivity contribution in [3.63, 3.8) is 0 Å². The normalized spacial score (nSPS) is 20.4. The van der Waals surface area contributed by atoms with Crippen LogP contribution in [0.1, 0.15) is 42.6 Å². The lowest BCUT2D eigenvalue weighted by Crippen LogP contribution is -2.66. The largest absolute Gasteiger partial charge is 0.493 e. The quantitative estimate of drug-likeness (QED) is 0.512. The van der Waals surface area contributed by atoms with E-state index < -0.39 is 40.3 Å². The van der Waals surface area contributed by atoms with Gasteiger partial charge in [0.05, 0.1) is 26.9 Å². The monoisotopic (exact) mass is 560 g/mol. The Balaban J connectivity index is 1.83. The third-order valence-corrected chi connectivity index (χ3v) is 7.24. The van der Waals surface area contributed by atoms with Gasteiger partial charge in [0.15, 0.2) is 17.3 Å². The first-order chi connectivity index (χ1) is 18.8. The van der Waals surface area contributed by atoms with E-state index in [4.69, 9.17) is 14.2 Å². The molecule has 2 aromatic rings. The van der Waals surface area contributed by atoms with Crippen molar-refractivity contribution in [3.8, 4) is 17.2 Å². The fourth-order valence-electron chi connectivity index (χ4n) is 5.40. The first kappa shape index (κ1) is 29.0. The molecule has 0 saturated carbocycles. The molecule has 1 aliphatic carbocycles. The van der Waals surface area contributed by atoms with Gasteiger partial charge in [-0.2, -0.15) is 13.2 Å². The van der Waals surface area contributed by atoms with Crippen molar-refractivity contribution in [2.24, 2.45) is 5.41 Å². The summed E-state index contributed by atoms with van der Waals surface area (Å²) in [6.07, 6.45) is -5.21. The van der Waals surface area contributed by atoms with E-state index in [2.05, 4.69) is 0 Å². The molecule has 1 heterocycles. The van der Waals surface area contributed by atoms with Gasteiger partial charge in [-0.3, -0.25) is 14.4 Å². The van der Waals surface area contributed by atoms with Crippen molar-refractivity contribution in [1.29, 1.82) is 0 Å². The van der Waals surface area contributed by atoms with Gasteiger partial charge >= 0.3 is 6.18 Å². The molecule has 1 N–H and O–H groups in total. The lowest BCUT2D eigenvalue weighted by atomic mass is 9.72. The first-order valence-corrected chi connectivity index (χ1v) is 12.6. The Morgan fingerprint density at radius 3 is 2.10 bits per heavy atom. The Bertz CT molecular complexity index is 1340. The van der Waals surface area contributed by atoms with Crippen LogP contribution in [0.15, 0.2) is 53.7 Å². The molecular weight excluding hydrogens is 529 g/mol. The minimum absolute atomic E-state index is 0.00954. The van der Waals surface area contributed by atoms with Crippen LogP contribution in [-0.4, -0.2) is 62.1 Å². The number of methoxy groups -OCH3 is 3. The van der Waals surface area contributed by atoms with Crippen LogP contribution in [0, 0.1) is 5.41 Å². The maximum atomic E-state index is 15.1. The smallest absolute Gasteiger partial charge is 0.425 e. The number of carbonyl (C=O) groups is 3. The van der Waals surface area contributed by atoms with Crippen LogP contribution in [0.4, 0.5) is 13.2 Å². The van der Waals surface area contributed by atoms with Gasteiger partial charge in [0.1, 0.15) is 0 Å². The number of carbonyl (C=O) groups excluding carboxylic acids is 3. The number of ether oxygens (including phenoxy) is 3. The number of hydrogen-bond acceptors (Lipinski definition) is 6. The van der Waals surface area contributed by atoms with Crippen LogP contribution in [0.25, 0.3) is 0 Å². The molecule has 0 spiro atoms. The molecular formula is C29H31F3N2O6. The number of nitrogens with one attached hydrogen (secondary N) is 1. The Hall–Kier alpha value is -4.02. The molecule has 0 unspecified atom stereocenters. The van der Waals surface area contributed by atoms with Crippen LogP contribution in [0.2, 0.25) is 0 Å². The van der Waals surface area contributed by atoms with Gasteiger partial charge in [-0.25, -0.2) is 0 Å². The van der Waals surface area contributed by atoms with Crippen molar-refractivity contribution in [3.05, 3.63) is 64.9 Å². The van der Waals surface area contributed by atoms with E-state index in [1.165, 1.54) is 33.5 Å². The fraction of sp³-hybridized carbons (Fsp3) is 0.414. The van der Waals surface area contributed by atoms with Gasteiger partial charge in [-0.1, -0.05) is 44.2 Å². The van der Waals surface area contributed by atoms with Crippen LogP contribution >= 0.6 is 0 Å². The molecule has 0 fully saturated rings. The van der Waals surface area contributed by atoms with Gasteiger partial charge in [0, 0.05) is 24.2 Å². The van der Waals surface area contributed by atoms with E-state index in [1.807, 2.05) is 5.32 Å². The van der Waals surface area contributed by atoms with Crippen molar-refractivity contribution in [2.45, 2.75) is 44.8 Å². The van der Waals surface area contributed by atoms with Gasteiger partial charge < -0.3 is 24.4 Å². The molecule has 11 heteroatoms. The number of nitrogens with zero attached hydrogens (tertiary/aromatic N) is 1. The molecule has 1 aliphatic heterocycles. The third kappa shape index (κ3) is 4.89. The summed E-state index contributed by atoms with van der Waals surface area (Å²) in [5, 5.41) is 1.94. The van der Waals surface area contributed by atoms with E-state index in [1.54, 1.807) is 44.2 Å². The minimum atomic E-state index is -5.32. The average Bonchev–Trinajstić information content (AvgIpc) is 3.13. The number of rotatable bonds is 8. The molecule has 0 bridgehead atoms. The Morgan fingerprint density at radius 2 is 1.57 bits per heavy atom. The number of amides is 2. The van der Waals surface area contributed by atoms with Crippen LogP contribution in [0.5, 0.6) is 17.2 Å². The highest BCUT2D eigenvalue weighted by Crippen LogP contribution is 2.52. The zero-order valence-corrected chi connectivity index (χ0v) is 22.9. The highest BCUT2D eigenvalue weighted by atomic mass is 19.4. The van der Waals surface area contributed by atoms with Crippen LogP contribution in [0.3, 0.4) is 0 Å². The molecule has 214 valence electrons. The molecule has 2 amide bonds. The number of alkyl halides is 3. The lowest BCUT2D eigenvalue weighted by molar-refractivity contribution is -0.190. The van der Waals surface area contributed by atoms with Gasteiger partial charge in [0.25, 0.3) is 11.8 Å². The summed E-state index contributed by atoms with van der Waals surface area (Å²) in [5.74, 6) is -3.28. The zero-order chi connectivity index (χ0) is 29.5. The number of allylic oxidation sites excluding steroid dienone is 1. The number of halogens is 3. The minimum Gasteiger partial charge on any atom is -0.493 e. The van der Waals surface area contributed by atoms with Gasteiger partial charge in [0.2, 0.25) is 11.3 Å².